The van der Waals surface area contributed by atoms with E-state index in [2.05, 4.69) is 5.10 Å². The van der Waals surface area contributed by atoms with E-state index in [0.29, 0.717) is 6.54 Å². The van der Waals surface area contributed by atoms with Gasteiger partial charge in [-0.15, -0.1) is 0 Å². The number of rotatable bonds is 4. The fourth-order valence-electron chi connectivity index (χ4n) is 2.73. The Morgan fingerprint density at radius 3 is 2.96 bits per heavy atom. The van der Waals surface area contributed by atoms with Crippen molar-refractivity contribution in [2.24, 2.45) is 0 Å². The molecule has 0 saturated carbocycles. The van der Waals surface area contributed by atoms with Gasteiger partial charge in [0.05, 0.1) is 18.9 Å². The van der Waals surface area contributed by atoms with E-state index in [9.17, 15) is 12.8 Å². The van der Waals surface area contributed by atoms with Crippen LogP contribution in [0.2, 0.25) is 0 Å². The Morgan fingerprint density at radius 2 is 2.28 bits per heavy atom. The molecule has 132 valence electrons. The zero-order chi connectivity index (χ0) is 18.0. The van der Waals surface area contributed by atoms with Gasteiger partial charge >= 0.3 is 0 Å². The third kappa shape index (κ3) is 3.28. The highest BCUT2D eigenvalue weighted by atomic mass is 32.2. The number of hydrogen-bond acceptors (Lipinski definition) is 5. The lowest BCUT2D eigenvalue weighted by molar-refractivity contribution is -0.00261. The van der Waals surface area contributed by atoms with Gasteiger partial charge in [0, 0.05) is 31.4 Å². The molecule has 0 aliphatic carbocycles. The minimum Gasteiger partial charge on any atom is -0.371 e. The van der Waals surface area contributed by atoms with Crippen LogP contribution in [0.3, 0.4) is 0 Å². The number of benzene rings is 1. The summed E-state index contributed by atoms with van der Waals surface area (Å²) in [5.74, 6) is -0.849. The standard InChI is InChI=1S/C16H17FN4O3S/c1-2-20-10-12(9-19-20)15-11-21(6-7-24-15)25(22,23)16-5-3-4-14(17)13(16)8-18/h3-5,9-10,15H,2,6-7,11H2,1H3/t15-/m0/s1. The van der Waals surface area contributed by atoms with Crippen molar-refractivity contribution in [2.45, 2.75) is 24.5 Å². The highest BCUT2D eigenvalue weighted by Crippen LogP contribution is 2.28. The molecule has 1 aliphatic heterocycles. The van der Waals surface area contributed by atoms with Crippen molar-refractivity contribution in [2.75, 3.05) is 19.7 Å². The third-order valence-corrected chi connectivity index (χ3v) is 5.99. The van der Waals surface area contributed by atoms with E-state index in [1.165, 1.54) is 16.4 Å². The Morgan fingerprint density at radius 1 is 1.48 bits per heavy atom. The first-order valence-corrected chi connectivity index (χ1v) is 9.24. The van der Waals surface area contributed by atoms with Crippen molar-refractivity contribution in [3.8, 4) is 6.07 Å². The second-order valence-corrected chi connectivity index (χ2v) is 7.48. The van der Waals surface area contributed by atoms with Crippen LogP contribution in [0.4, 0.5) is 4.39 Å². The first kappa shape index (κ1) is 17.5. The second-order valence-electron chi connectivity index (χ2n) is 5.58. The van der Waals surface area contributed by atoms with Gasteiger partial charge in [0.15, 0.2) is 0 Å². The number of morpholine rings is 1. The molecule has 1 saturated heterocycles. The fraction of sp³-hybridized carbons (Fsp3) is 0.375. The van der Waals surface area contributed by atoms with Crippen LogP contribution in [0.15, 0.2) is 35.5 Å². The molecule has 25 heavy (non-hydrogen) atoms. The average molecular weight is 364 g/mol. The van der Waals surface area contributed by atoms with Crippen LogP contribution < -0.4 is 0 Å². The minimum absolute atomic E-state index is 0.0825. The lowest BCUT2D eigenvalue weighted by atomic mass is 10.2. The number of ether oxygens (including phenoxy) is 1. The van der Waals surface area contributed by atoms with Crippen molar-refractivity contribution < 1.29 is 17.5 Å². The van der Waals surface area contributed by atoms with Crippen molar-refractivity contribution in [3.63, 3.8) is 0 Å². The van der Waals surface area contributed by atoms with Crippen LogP contribution in [-0.4, -0.2) is 42.2 Å². The molecule has 1 aromatic carbocycles. The molecular formula is C16H17FN4O3S. The van der Waals surface area contributed by atoms with Crippen LogP contribution in [0, 0.1) is 17.1 Å². The summed E-state index contributed by atoms with van der Waals surface area (Å²) in [5.41, 5.74) is 0.311. The molecular weight excluding hydrogens is 347 g/mol. The summed E-state index contributed by atoms with van der Waals surface area (Å²) in [7, 11) is -4.00. The molecule has 2 aromatic rings. The molecule has 7 nitrogen and oxygen atoms in total. The summed E-state index contributed by atoms with van der Waals surface area (Å²) in [4.78, 5) is -0.320. The molecule has 0 unspecified atom stereocenters. The largest absolute Gasteiger partial charge is 0.371 e. The van der Waals surface area contributed by atoms with Gasteiger partial charge in [-0.1, -0.05) is 6.07 Å². The Kier molecular flexibility index (Phi) is 4.85. The highest BCUT2D eigenvalue weighted by Gasteiger charge is 2.34. The van der Waals surface area contributed by atoms with E-state index in [1.54, 1.807) is 16.9 Å². The van der Waals surface area contributed by atoms with E-state index in [4.69, 9.17) is 10.00 Å². The number of sulfonamides is 1. The zero-order valence-electron chi connectivity index (χ0n) is 13.6. The van der Waals surface area contributed by atoms with Crippen LogP contribution >= 0.6 is 0 Å². The van der Waals surface area contributed by atoms with Crippen LogP contribution in [0.25, 0.3) is 0 Å². The summed E-state index contributed by atoms with van der Waals surface area (Å²) >= 11 is 0. The molecule has 1 aliphatic rings. The predicted octanol–water partition coefficient (Wildman–Crippen LogP) is 1.68. The molecule has 1 aromatic heterocycles. The number of nitriles is 1. The van der Waals surface area contributed by atoms with Gasteiger partial charge in [0.25, 0.3) is 0 Å². The summed E-state index contributed by atoms with van der Waals surface area (Å²) < 4.78 is 48.2. The Labute approximate surface area is 145 Å². The lowest BCUT2D eigenvalue weighted by Gasteiger charge is -2.31. The maximum atomic E-state index is 13.8. The van der Waals surface area contributed by atoms with Crippen LogP contribution in [0.5, 0.6) is 0 Å². The Bertz CT molecular complexity index is 920. The first-order valence-electron chi connectivity index (χ1n) is 7.80. The molecule has 1 atom stereocenters. The smallest absolute Gasteiger partial charge is 0.244 e. The fourth-order valence-corrected chi connectivity index (χ4v) is 4.31. The van der Waals surface area contributed by atoms with Gasteiger partial charge in [0.1, 0.15) is 22.3 Å². The van der Waals surface area contributed by atoms with Crippen LogP contribution in [-0.2, 0) is 21.3 Å². The van der Waals surface area contributed by atoms with Crippen molar-refractivity contribution >= 4 is 10.0 Å². The van der Waals surface area contributed by atoms with Crippen molar-refractivity contribution in [1.82, 2.24) is 14.1 Å². The van der Waals surface area contributed by atoms with Gasteiger partial charge in [-0.25, -0.2) is 12.8 Å². The van der Waals surface area contributed by atoms with Gasteiger partial charge < -0.3 is 4.74 Å². The van der Waals surface area contributed by atoms with E-state index in [-0.39, 0.29) is 24.6 Å². The molecule has 2 heterocycles. The quantitative estimate of drug-likeness (QED) is 0.823. The summed E-state index contributed by atoms with van der Waals surface area (Å²) in [6.45, 7) is 3.08. The van der Waals surface area contributed by atoms with Crippen molar-refractivity contribution in [3.05, 3.63) is 47.5 Å². The molecule has 9 heteroatoms. The van der Waals surface area contributed by atoms with Gasteiger partial charge in [-0.2, -0.15) is 14.7 Å². The van der Waals surface area contributed by atoms with E-state index in [0.717, 1.165) is 11.6 Å². The third-order valence-electron chi connectivity index (χ3n) is 4.08. The maximum Gasteiger partial charge on any atom is 0.244 e. The summed E-state index contributed by atoms with van der Waals surface area (Å²) in [6.07, 6.45) is 3.00. The van der Waals surface area contributed by atoms with E-state index in [1.807, 2.05) is 13.1 Å². The molecule has 0 bridgehead atoms. The van der Waals surface area contributed by atoms with Gasteiger partial charge in [-0.3, -0.25) is 4.68 Å². The molecule has 0 radical (unpaired) electrons. The highest BCUT2D eigenvalue weighted by molar-refractivity contribution is 7.89. The van der Waals surface area contributed by atoms with Gasteiger partial charge in [-0.05, 0) is 19.1 Å². The normalized spacial score (nSPS) is 18.8. The lowest BCUT2D eigenvalue weighted by Crippen LogP contribution is -2.42. The Hall–Kier alpha value is -2.28. The molecule has 1 fully saturated rings. The van der Waals surface area contributed by atoms with Gasteiger partial charge in [0.2, 0.25) is 10.0 Å². The number of halogens is 1. The SMILES string of the molecule is CCn1cc([C@@H]2CN(S(=O)(=O)c3cccc(F)c3C#N)CCO2)cn1. The number of aromatic nitrogens is 2. The van der Waals surface area contributed by atoms with Crippen LogP contribution in [0.1, 0.15) is 24.2 Å². The zero-order valence-corrected chi connectivity index (χ0v) is 14.4. The molecule has 0 spiro atoms. The molecule has 0 amide bonds. The van der Waals surface area contributed by atoms with E-state index >= 15 is 0 Å². The predicted molar refractivity (Wildman–Crippen MR) is 86.5 cm³/mol. The minimum atomic E-state index is -4.00. The molecule has 3 rings (SSSR count). The number of nitrogens with zero attached hydrogens (tertiary/aromatic N) is 4. The van der Waals surface area contributed by atoms with Crippen molar-refractivity contribution in [1.29, 1.82) is 5.26 Å². The number of aryl methyl sites for hydroxylation is 1. The topological polar surface area (TPSA) is 88.2 Å². The molecule has 0 N–H and O–H groups in total. The average Bonchev–Trinajstić information content (AvgIpc) is 3.11. The monoisotopic (exact) mass is 364 g/mol. The number of hydrogen-bond donors (Lipinski definition) is 0. The summed E-state index contributed by atoms with van der Waals surface area (Å²) in [5, 5.41) is 13.3. The maximum absolute atomic E-state index is 13.8. The first-order chi connectivity index (χ1) is 12.0. The Balaban J connectivity index is 1.90. The summed E-state index contributed by atoms with van der Waals surface area (Å²) in [6, 6.07) is 5.24. The van der Waals surface area contributed by atoms with E-state index < -0.39 is 27.5 Å². The second kappa shape index (κ2) is 6.92.